The molecule has 3 atom stereocenters. The molecule has 1 fully saturated rings. The van der Waals surface area contributed by atoms with Crippen molar-refractivity contribution >= 4 is 11.8 Å². The average molecular weight is 271 g/mol. The van der Waals surface area contributed by atoms with Gasteiger partial charge in [-0.3, -0.25) is 9.59 Å². The lowest BCUT2D eigenvalue weighted by molar-refractivity contribution is -0.131. The fraction of sp³-hybridized carbons (Fsp3) is 0.846. The van der Waals surface area contributed by atoms with E-state index in [1.54, 1.807) is 14.0 Å². The van der Waals surface area contributed by atoms with Gasteiger partial charge in [0, 0.05) is 19.7 Å². The lowest BCUT2D eigenvalue weighted by Crippen LogP contribution is -2.50. The van der Waals surface area contributed by atoms with Crippen molar-refractivity contribution in [1.82, 2.24) is 10.6 Å². The van der Waals surface area contributed by atoms with Crippen LogP contribution in [0.3, 0.4) is 0 Å². The number of methoxy groups -OCH3 is 1. The van der Waals surface area contributed by atoms with Crippen LogP contribution in [0, 0.1) is 5.92 Å². The number of hydrogen-bond acceptors (Lipinski definition) is 4. The van der Waals surface area contributed by atoms with Gasteiger partial charge in [-0.15, -0.1) is 0 Å². The van der Waals surface area contributed by atoms with Crippen LogP contribution in [-0.4, -0.2) is 44.2 Å². The van der Waals surface area contributed by atoms with E-state index in [4.69, 9.17) is 10.5 Å². The fourth-order valence-corrected chi connectivity index (χ4v) is 2.30. The predicted octanol–water partition coefficient (Wildman–Crippen LogP) is -0.229. The highest BCUT2D eigenvalue weighted by Crippen LogP contribution is 2.23. The topological polar surface area (TPSA) is 93.5 Å². The van der Waals surface area contributed by atoms with Crippen molar-refractivity contribution in [1.29, 1.82) is 0 Å². The van der Waals surface area contributed by atoms with Crippen molar-refractivity contribution in [2.75, 3.05) is 20.3 Å². The number of ether oxygens (including phenoxy) is 1. The minimum absolute atomic E-state index is 0.0856. The SMILES string of the molecule is COCCNC(=O)C(C)NC(=O)C1CCCCC1N. The number of carbonyl (C=O) groups is 2. The maximum Gasteiger partial charge on any atom is 0.242 e. The first-order valence-electron chi connectivity index (χ1n) is 6.89. The van der Waals surface area contributed by atoms with Crippen molar-refractivity contribution in [3.05, 3.63) is 0 Å². The molecule has 0 aromatic carbocycles. The highest BCUT2D eigenvalue weighted by Gasteiger charge is 2.29. The quantitative estimate of drug-likeness (QED) is 0.582. The number of hydrogen-bond donors (Lipinski definition) is 3. The zero-order valence-corrected chi connectivity index (χ0v) is 11.8. The second kappa shape index (κ2) is 8.12. The molecule has 4 N–H and O–H groups in total. The molecule has 0 aliphatic heterocycles. The Bertz CT molecular complexity index is 310. The fourth-order valence-electron chi connectivity index (χ4n) is 2.30. The van der Waals surface area contributed by atoms with Crippen LogP contribution in [0.2, 0.25) is 0 Å². The number of nitrogens with one attached hydrogen (secondary N) is 2. The molecule has 1 aliphatic carbocycles. The van der Waals surface area contributed by atoms with Gasteiger partial charge in [-0.05, 0) is 19.8 Å². The molecule has 0 radical (unpaired) electrons. The van der Waals surface area contributed by atoms with Crippen LogP contribution in [-0.2, 0) is 14.3 Å². The third-order valence-electron chi connectivity index (χ3n) is 3.51. The van der Waals surface area contributed by atoms with Gasteiger partial charge in [0.1, 0.15) is 6.04 Å². The lowest BCUT2D eigenvalue weighted by Gasteiger charge is -2.28. The minimum atomic E-state index is -0.543. The second-order valence-corrected chi connectivity index (χ2v) is 5.07. The smallest absolute Gasteiger partial charge is 0.242 e. The minimum Gasteiger partial charge on any atom is -0.383 e. The van der Waals surface area contributed by atoms with Gasteiger partial charge in [-0.2, -0.15) is 0 Å². The van der Waals surface area contributed by atoms with Crippen molar-refractivity contribution in [3.63, 3.8) is 0 Å². The van der Waals surface area contributed by atoms with E-state index in [0.29, 0.717) is 13.2 Å². The molecule has 6 heteroatoms. The van der Waals surface area contributed by atoms with Crippen LogP contribution >= 0.6 is 0 Å². The number of carbonyl (C=O) groups excluding carboxylic acids is 2. The summed E-state index contributed by atoms with van der Waals surface area (Å²) in [5.41, 5.74) is 5.95. The van der Waals surface area contributed by atoms with Gasteiger partial charge in [0.2, 0.25) is 11.8 Å². The maximum absolute atomic E-state index is 12.1. The largest absolute Gasteiger partial charge is 0.383 e. The molecule has 1 rings (SSSR count). The summed E-state index contributed by atoms with van der Waals surface area (Å²) in [6.07, 6.45) is 3.80. The molecule has 1 aliphatic rings. The van der Waals surface area contributed by atoms with Gasteiger partial charge in [-0.1, -0.05) is 12.8 Å². The van der Waals surface area contributed by atoms with Crippen LogP contribution in [0.4, 0.5) is 0 Å². The van der Waals surface area contributed by atoms with E-state index in [0.717, 1.165) is 25.7 Å². The molecular weight excluding hydrogens is 246 g/mol. The zero-order valence-electron chi connectivity index (χ0n) is 11.8. The third-order valence-corrected chi connectivity index (χ3v) is 3.51. The molecule has 0 bridgehead atoms. The first kappa shape index (κ1) is 15.9. The molecule has 110 valence electrons. The Hall–Kier alpha value is -1.14. The van der Waals surface area contributed by atoms with Crippen LogP contribution in [0.15, 0.2) is 0 Å². The summed E-state index contributed by atoms with van der Waals surface area (Å²) in [5.74, 6) is -0.473. The monoisotopic (exact) mass is 271 g/mol. The van der Waals surface area contributed by atoms with E-state index in [-0.39, 0.29) is 23.8 Å². The molecule has 0 heterocycles. The second-order valence-electron chi connectivity index (χ2n) is 5.07. The summed E-state index contributed by atoms with van der Waals surface area (Å²) >= 11 is 0. The summed E-state index contributed by atoms with van der Waals surface area (Å²) < 4.78 is 4.84. The van der Waals surface area contributed by atoms with Crippen LogP contribution in [0.1, 0.15) is 32.6 Å². The Kier molecular flexibility index (Phi) is 6.80. The molecule has 0 saturated heterocycles. The highest BCUT2D eigenvalue weighted by molar-refractivity contribution is 5.88. The van der Waals surface area contributed by atoms with Gasteiger partial charge in [0.15, 0.2) is 0 Å². The molecule has 0 aromatic rings. The molecule has 0 aromatic heterocycles. The standard InChI is InChI=1S/C13H25N3O3/c1-9(12(17)15-7-8-19-2)16-13(18)10-5-3-4-6-11(10)14/h9-11H,3-8,14H2,1-2H3,(H,15,17)(H,16,18). The zero-order chi connectivity index (χ0) is 14.3. The van der Waals surface area contributed by atoms with Gasteiger partial charge < -0.3 is 21.1 Å². The predicted molar refractivity (Wildman–Crippen MR) is 72.4 cm³/mol. The molecule has 3 unspecified atom stereocenters. The highest BCUT2D eigenvalue weighted by atomic mass is 16.5. The molecular formula is C13H25N3O3. The van der Waals surface area contributed by atoms with Crippen LogP contribution in [0.5, 0.6) is 0 Å². The molecule has 0 spiro atoms. The first-order valence-corrected chi connectivity index (χ1v) is 6.89. The number of amides is 2. The van der Waals surface area contributed by atoms with E-state index >= 15 is 0 Å². The molecule has 1 saturated carbocycles. The normalized spacial score (nSPS) is 24.6. The lowest BCUT2D eigenvalue weighted by atomic mass is 9.84. The number of rotatable bonds is 6. The van der Waals surface area contributed by atoms with Crippen molar-refractivity contribution in [2.24, 2.45) is 11.7 Å². The van der Waals surface area contributed by atoms with Crippen molar-refractivity contribution in [2.45, 2.75) is 44.7 Å². The maximum atomic E-state index is 12.1. The first-order chi connectivity index (χ1) is 9.06. The van der Waals surface area contributed by atoms with Crippen LogP contribution in [0.25, 0.3) is 0 Å². The Morgan fingerprint density at radius 3 is 2.68 bits per heavy atom. The van der Waals surface area contributed by atoms with E-state index < -0.39 is 6.04 Å². The Labute approximate surface area is 114 Å². The Morgan fingerprint density at radius 1 is 1.37 bits per heavy atom. The molecule has 6 nitrogen and oxygen atoms in total. The Balaban J connectivity index is 2.35. The van der Waals surface area contributed by atoms with E-state index in [1.165, 1.54) is 0 Å². The average Bonchev–Trinajstić information content (AvgIpc) is 2.39. The van der Waals surface area contributed by atoms with Crippen molar-refractivity contribution in [3.8, 4) is 0 Å². The summed E-state index contributed by atoms with van der Waals surface area (Å²) in [6, 6.07) is -0.629. The summed E-state index contributed by atoms with van der Waals surface area (Å²) in [4.78, 5) is 23.8. The molecule has 2 amide bonds. The number of nitrogens with two attached hydrogens (primary N) is 1. The van der Waals surface area contributed by atoms with Gasteiger partial charge in [-0.25, -0.2) is 0 Å². The van der Waals surface area contributed by atoms with Crippen molar-refractivity contribution < 1.29 is 14.3 Å². The third kappa shape index (κ3) is 5.16. The summed E-state index contributed by atoms with van der Waals surface area (Å²) in [6.45, 7) is 2.58. The van der Waals surface area contributed by atoms with Gasteiger partial charge >= 0.3 is 0 Å². The molecule has 19 heavy (non-hydrogen) atoms. The van der Waals surface area contributed by atoms with Gasteiger partial charge in [0.05, 0.1) is 12.5 Å². The summed E-state index contributed by atoms with van der Waals surface area (Å²) in [7, 11) is 1.57. The Morgan fingerprint density at radius 2 is 2.05 bits per heavy atom. The summed E-state index contributed by atoms with van der Waals surface area (Å²) in [5, 5.41) is 5.43. The van der Waals surface area contributed by atoms with E-state index in [1.807, 2.05) is 0 Å². The van der Waals surface area contributed by atoms with Gasteiger partial charge in [0.25, 0.3) is 0 Å². The van der Waals surface area contributed by atoms with E-state index in [9.17, 15) is 9.59 Å². The van der Waals surface area contributed by atoms with E-state index in [2.05, 4.69) is 10.6 Å². The van der Waals surface area contributed by atoms with Crippen LogP contribution < -0.4 is 16.4 Å².